The third-order valence-corrected chi connectivity index (χ3v) is 2.64. The molecule has 0 aromatic heterocycles. The number of halogens is 2. The number of aryl methyl sites for hydroxylation is 1. The SMILES string of the molecule is Cc1cc([C@H]2CCCN2)ccc1F.Cl. The minimum absolute atomic E-state index is 0. The molecule has 0 unspecified atom stereocenters. The summed E-state index contributed by atoms with van der Waals surface area (Å²) < 4.78 is 13.0. The average molecular weight is 216 g/mol. The van der Waals surface area contributed by atoms with Crippen molar-refractivity contribution in [2.75, 3.05) is 6.54 Å². The summed E-state index contributed by atoms with van der Waals surface area (Å²) in [6.07, 6.45) is 2.40. The molecule has 1 nitrogen and oxygen atoms in total. The Morgan fingerprint density at radius 3 is 2.79 bits per heavy atom. The van der Waals surface area contributed by atoms with Gasteiger partial charge in [0.05, 0.1) is 0 Å². The van der Waals surface area contributed by atoms with Gasteiger partial charge in [0, 0.05) is 6.04 Å². The number of rotatable bonds is 1. The molecule has 1 aromatic carbocycles. The molecule has 1 aliphatic heterocycles. The molecule has 1 aromatic rings. The highest BCUT2D eigenvalue weighted by molar-refractivity contribution is 5.85. The van der Waals surface area contributed by atoms with Crippen LogP contribution in [-0.2, 0) is 0 Å². The predicted octanol–water partition coefficient (Wildman–Crippen LogP) is 2.98. The molecule has 1 atom stereocenters. The Morgan fingerprint density at radius 2 is 2.21 bits per heavy atom. The van der Waals surface area contributed by atoms with Crippen molar-refractivity contribution in [2.45, 2.75) is 25.8 Å². The highest BCUT2D eigenvalue weighted by atomic mass is 35.5. The molecule has 3 heteroatoms. The van der Waals surface area contributed by atoms with E-state index in [0.717, 1.165) is 12.1 Å². The minimum Gasteiger partial charge on any atom is -0.310 e. The van der Waals surface area contributed by atoms with Gasteiger partial charge >= 0.3 is 0 Å². The van der Waals surface area contributed by atoms with Crippen LogP contribution in [0.25, 0.3) is 0 Å². The van der Waals surface area contributed by atoms with Crippen molar-refractivity contribution in [1.29, 1.82) is 0 Å². The fourth-order valence-electron chi connectivity index (χ4n) is 1.85. The van der Waals surface area contributed by atoms with Crippen LogP contribution in [-0.4, -0.2) is 6.54 Å². The number of hydrogen-bond donors (Lipinski definition) is 1. The lowest BCUT2D eigenvalue weighted by atomic mass is 10.0. The molecule has 0 amide bonds. The van der Waals surface area contributed by atoms with Gasteiger partial charge in [-0.15, -0.1) is 12.4 Å². The van der Waals surface area contributed by atoms with Crippen LogP contribution in [0.5, 0.6) is 0 Å². The topological polar surface area (TPSA) is 12.0 Å². The van der Waals surface area contributed by atoms with Crippen molar-refractivity contribution in [1.82, 2.24) is 5.32 Å². The molecule has 0 aliphatic carbocycles. The van der Waals surface area contributed by atoms with Gasteiger partial charge < -0.3 is 5.32 Å². The minimum atomic E-state index is -0.109. The maximum atomic E-state index is 13.0. The zero-order valence-electron chi connectivity index (χ0n) is 8.22. The second kappa shape index (κ2) is 4.76. The number of nitrogens with one attached hydrogen (secondary N) is 1. The maximum absolute atomic E-state index is 13.0. The van der Waals surface area contributed by atoms with Crippen molar-refractivity contribution >= 4 is 12.4 Å². The summed E-state index contributed by atoms with van der Waals surface area (Å²) in [7, 11) is 0. The zero-order chi connectivity index (χ0) is 9.26. The molecule has 0 spiro atoms. The van der Waals surface area contributed by atoms with Crippen molar-refractivity contribution in [3.63, 3.8) is 0 Å². The molecule has 78 valence electrons. The van der Waals surface area contributed by atoms with Gasteiger partial charge in [-0.1, -0.05) is 12.1 Å². The highest BCUT2D eigenvalue weighted by Crippen LogP contribution is 2.24. The van der Waals surface area contributed by atoms with Crippen LogP contribution in [0, 0.1) is 12.7 Å². The number of benzene rings is 1. The second-order valence-electron chi connectivity index (χ2n) is 3.66. The van der Waals surface area contributed by atoms with Crippen LogP contribution in [0.3, 0.4) is 0 Å². The third kappa shape index (κ3) is 2.25. The van der Waals surface area contributed by atoms with E-state index in [9.17, 15) is 4.39 Å². The second-order valence-corrected chi connectivity index (χ2v) is 3.66. The van der Waals surface area contributed by atoms with Crippen molar-refractivity contribution in [2.24, 2.45) is 0 Å². The summed E-state index contributed by atoms with van der Waals surface area (Å²) in [6.45, 7) is 2.90. The van der Waals surface area contributed by atoms with Gasteiger partial charge in [-0.3, -0.25) is 0 Å². The smallest absolute Gasteiger partial charge is 0.126 e. The third-order valence-electron chi connectivity index (χ3n) is 2.64. The van der Waals surface area contributed by atoms with Gasteiger partial charge in [0.25, 0.3) is 0 Å². The van der Waals surface area contributed by atoms with Gasteiger partial charge in [0.15, 0.2) is 0 Å². The molecule has 0 bridgehead atoms. The van der Waals surface area contributed by atoms with Crippen molar-refractivity contribution in [3.05, 3.63) is 35.1 Å². The largest absolute Gasteiger partial charge is 0.310 e. The average Bonchev–Trinajstić information content (AvgIpc) is 2.62. The monoisotopic (exact) mass is 215 g/mol. The molecule has 1 saturated heterocycles. The van der Waals surface area contributed by atoms with Crippen molar-refractivity contribution < 1.29 is 4.39 Å². The fraction of sp³-hybridized carbons (Fsp3) is 0.455. The Hall–Kier alpha value is -0.600. The molecular formula is C11H15ClFN. The molecule has 2 rings (SSSR count). The lowest BCUT2D eigenvalue weighted by molar-refractivity contribution is 0.609. The normalized spacial score (nSPS) is 20.6. The summed E-state index contributed by atoms with van der Waals surface area (Å²) in [6, 6.07) is 5.83. The van der Waals surface area contributed by atoms with E-state index in [1.807, 2.05) is 19.1 Å². The predicted molar refractivity (Wildman–Crippen MR) is 58.4 cm³/mol. The van der Waals surface area contributed by atoms with Gasteiger partial charge in [-0.05, 0) is 43.5 Å². The molecule has 1 aliphatic rings. The van der Waals surface area contributed by atoms with Crippen molar-refractivity contribution in [3.8, 4) is 0 Å². The van der Waals surface area contributed by atoms with Gasteiger partial charge in [-0.2, -0.15) is 0 Å². The molecule has 1 fully saturated rings. The van der Waals surface area contributed by atoms with E-state index in [4.69, 9.17) is 0 Å². The standard InChI is InChI=1S/C11H14FN.ClH/c1-8-7-9(4-5-10(8)12)11-3-2-6-13-11;/h4-5,7,11,13H,2-3,6H2,1H3;1H/t11-;/m1./s1. The Labute approximate surface area is 90.1 Å². The Morgan fingerprint density at radius 1 is 1.43 bits per heavy atom. The van der Waals surface area contributed by atoms with Crippen LogP contribution in [0.1, 0.15) is 30.0 Å². The molecule has 1 heterocycles. The van der Waals surface area contributed by atoms with Gasteiger partial charge in [-0.25, -0.2) is 4.39 Å². The highest BCUT2D eigenvalue weighted by Gasteiger charge is 2.16. The maximum Gasteiger partial charge on any atom is 0.126 e. The lowest BCUT2D eigenvalue weighted by Crippen LogP contribution is -2.12. The van der Waals surface area contributed by atoms with Crippen LogP contribution >= 0.6 is 12.4 Å². The van der Waals surface area contributed by atoms with E-state index in [0.29, 0.717) is 6.04 Å². The van der Waals surface area contributed by atoms with E-state index in [2.05, 4.69) is 5.32 Å². The van der Waals surface area contributed by atoms with Crippen LogP contribution < -0.4 is 5.32 Å². The van der Waals surface area contributed by atoms with Gasteiger partial charge in [0.2, 0.25) is 0 Å². The Kier molecular flexibility index (Phi) is 3.90. The number of hydrogen-bond acceptors (Lipinski definition) is 1. The van der Waals surface area contributed by atoms with Crippen LogP contribution in [0.4, 0.5) is 4.39 Å². The molecule has 14 heavy (non-hydrogen) atoms. The first-order chi connectivity index (χ1) is 6.27. The van der Waals surface area contributed by atoms with E-state index in [1.54, 1.807) is 6.07 Å². The quantitative estimate of drug-likeness (QED) is 0.760. The lowest BCUT2D eigenvalue weighted by Gasteiger charge is -2.11. The summed E-state index contributed by atoms with van der Waals surface area (Å²) in [4.78, 5) is 0. The zero-order valence-corrected chi connectivity index (χ0v) is 9.03. The van der Waals surface area contributed by atoms with E-state index >= 15 is 0 Å². The first-order valence-electron chi connectivity index (χ1n) is 4.77. The summed E-state index contributed by atoms with van der Waals surface area (Å²) in [5.41, 5.74) is 1.96. The summed E-state index contributed by atoms with van der Waals surface area (Å²) in [5.74, 6) is -0.109. The van der Waals surface area contributed by atoms with E-state index < -0.39 is 0 Å². The summed E-state index contributed by atoms with van der Waals surface area (Å²) >= 11 is 0. The first-order valence-corrected chi connectivity index (χ1v) is 4.77. The van der Waals surface area contributed by atoms with Crippen LogP contribution in [0.15, 0.2) is 18.2 Å². The Balaban J connectivity index is 0.000000980. The fourth-order valence-corrected chi connectivity index (χ4v) is 1.85. The summed E-state index contributed by atoms with van der Waals surface area (Å²) in [5, 5.41) is 3.40. The molecular weight excluding hydrogens is 201 g/mol. The van der Waals surface area contributed by atoms with Crippen LogP contribution in [0.2, 0.25) is 0 Å². The van der Waals surface area contributed by atoms with Gasteiger partial charge in [0.1, 0.15) is 5.82 Å². The molecule has 0 radical (unpaired) electrons. The van der Waals surface area contributed by atoms with E-state index in [-0.39, 0.29) is 18.2 Å². The van der Waals surface area contributed by atoms with E-state index in [1.165, 1.54) is 18.4 Å². The first kappa shape index (κ1) is 11.5. The molecule has 0 saturated carbocycles. The Bertz CT molecular complexity index is 308. The molecule has 1 N–H and O–H groups in total.